The quantitative estimate of drug-likeness (QED) is 0.872. The molecule has 4 nitrogen and oxygen atoms in total. The van der Waals surface area contributed by atoms with Crippen molar-refractivity contribution in [3.8, 4) is 0 Å². The van der Waals surface area contributed by atoms with Crippen LogP contribution in [0.3, 0.4) is 0 Å². The maximum atomic E-state index is 11.3. The standard InChI is InChI=1S/C14H21ClN2O2S/c1-11(13-4-3-5-14(15)6-13)7-16-8-12-9-17(10-12)20(2,18)19/h3-6,11-12,16H,7-10H2,1-2H3. The highest BCUT2D eigenvalue weighted by Gasteiger charge is 2.32. The van der Waals surface area contributed by atoms with E-state index in [4.69, 9.17) is 11.6 Å². The first-order chi connectivity index (χ1) is 9.36. The van der Waals surface area contributed by atoms with Crippen LogP contribution < -0.4 is 5.32 Å². The molecular weight excluding hydrogens is 296 g/mol. The number of benzene rings is 1. The molecule has 6 heteroatoms. The lowest BCUT2D eigenvalue weighted by atomic mass is 10.00. The molecule has 112 valence electrons. The van der Waals surface area contributed by atoms with Gasteiger partial charge in [0.2, 0.25) is 10.0 Å². The molecule has 0 spiro atoms. The first-order valence-electron chi connectivity index (χ1n) is 6.77. The molecule has 0 saturated carbocycles. The molecule has 1 heterocycles. The van der Waals surface area contributed by atoms with E-state index < -0.39 is 10.0 Å². The van der Waals surface area contributed by atoms with E-state index in [1.165, 1.54) is 16.1 Å². The minimum Gasteiger partial charge on any atom is -0.316 e. The normalized spacial score (nSPS) is 18.8. The molecule has 1 aliphatic rings. The number of sulfonamides is 1. The van der Waals surface area contributed by atoms with Crippen LogP contribution in [0.15, 0.2) is 24.3 Å². The molecule has 1 aromatic rings. The zero-order valence-corrected chi connectivity index (χ0v) is 13.4. The Balaban J connectivity index is 1.70. The van der Waals surface area contributed by atoms with Crippen LogP contribution in [0.1, 0.15) is 18.4 Å². The summed E-state index contributed by atoms with van der Waals surface area (Å²) in [6, 6.07) is 7.90. The largest absolute Gasteiger partial charge is 0.316 e. The molecule has 2 rings (SSSR count). The summed E-state index contributed by atoms with van der Waals surface area (Å²) in [7, 11) is -3.00. The zero-order valence-electron chi connectivity index (χ0n) is 11.8. The summed E-state index contributed by atoms with van der Waals surface area (Å²) >= 11 is 5.98. The highest BCUT2D eigenvalue weighted by atomic mass is 35.5. The predicted octanol–water partition coefficient (Wildman–Crippen LogP) is 1.92. The van der Waals surface area contributed by atoms with E-state index in [0.717, 1.165) is 18.1 Å². The fourth-order valence-electron chi connectivity index (χ4n) is 2.36. The maximum absolute atomic E-state index is 11.3. The smallest absolute Gasteiger partial charge is 0.211 e. The van der Waals surface area contributed by atoms with Crippen LogP contribution in [0.4, 0.5) is 0 Å². The highest BCUT2D eigenvalue weighted by Crippen LogP contribution is 2.20. The van der Waals surface area contributed by atoms with Gasteiger partial charge in [-0.3, -0.25) is 0 Å². The summed E-state index contributed by atoms with van der Waals surface area (Å²) < 4.78 is 24.0. The average molecular weight is 317 g/mol. The fourth-order valence-corrected chi connectivity index (χ4v) is 3.52. The van der Waals surface area contributed by atoms with Crippen LogP contribution in [0, 0.1) is 5.92 Å². The van der Waals surface area contributed by atoms with Crippen molar-refractivity contribution in [2.75, 3.05) is 32.4 Å². The Hall–Kier alpha value is -0.620. The van der Waals surface area contributed by atoms with E-state index in [0.29, 0.717) is 24.9 Å². The van der Waals surface area contributed by atoms with Crippen LogP contribution in [-0.4, -0.2) is 45.2 Å². The SMILES string of the molecule is CC(CNCC1CN(S(C)(=O)=O)C1)c1cccc(Cl)c1. The third kappa shape index (κ3) is 4.19. The lowest BCUT2D eigenvalue weighted by molar-refractivity contribution is 0.197. The van der Waals surface area contributed by atoms with Crippen molar-refractivity contribution >= 4 is 21.6 Å². The lowest BCUT2D eigenvalue weighted by Gasteiger charge is -2.37. The molecule has 0 bridgehead atoms. The minimum absolute atomic E-state index is 0.389. The molecule has 1 fully saturated rings. The molecule has 1 unspecified atom stereocenters. The molecule has 1 aromatic carbocycles. The molecule has 0 aromatic heterocycles. The van der Waals surface area contributed by atoms with E-state index in [9.17, 15) is 8.42 Å². The summed E-state index contributed by atoms with van der Waals surface area (Å²) in [6.45, 7) is 5.16. The Morgan fingerprint density at radius 1 is 1.45 bits per heavy atom. The van der Waals surface area contributed by atoms with Crippen LogP contribution in [0.5, 0.6) is 0 Å². The Kier molecular flexibility index (Phi) is 5.07. The van der Waals surface area contributed by atoms with Gasteiger partial charge in [0, 0.05) is 31.2 Å². The van der Waals surface area contributed by atoms with Gasteiger partial charge in [0.05, 0.1) is 6.26 Å². The highest BCUT2D eigenvalue weighted by molar-refractivity contribution is 7.88. The van der Waals surface area contributed by atoms with Gasteiger partial charge in [-0.25, -0.2) is 12.7 Å². The summed E-state index contributed by atoms with van der Waals surface area (Å²) in [4.78, 5) is 0. The van der Waals surface area contributed by atoms with Crippen molar-refractivity contribution in [1.82, 2.24) is 9.62 Å². The maximum Gasteiger partial charge on any atom is 0.211 e. The van der Waals surface area contributed by atoms with Crippen LogP contribution in [0.25, 0.3) is 0 Å². The summed E-state index contributed by atoms with van der Waals surface area (Å²) in [5.41, 5.74) is 1.22. The Morgan fingerprint density at radius 2 is 2.15 bits per heavy atom. The van der Waals surface area contributed by atoms with Crippen molar-refractivity contribution in [3.05, 3.63) is 34.9 Å². The second kappa shape index (κ2) is 6.43. The van der Waals surface area contributed by atoms with Gasteiger partial charge in [-0.1, -0.05) is 30.7 Å². The Morgan fingerprint density at radius 3 is 2.75 bits per heavy atom. The molecule has 1 atom stereocenters. The molecule has 1 N–H and O–H groups in total. The van der Waals surface area contributed by atoms with Crippen molar-refractivity contribution in [2.45, 2.75) is 12.8 Å². The summed E-state index contributed by atoms with van der Waals surface area (Å²) in [5.74, 6) is 0.816. The van der Waals surface area contributed by atoms with Gasteiger partial charge in [0.1, 0.15) is 0 Å². The van der Waals surface area contributed by atoms with Gasteiger partial charge in [-0.05, 0) is 29.5 Å². The molecule has 20 heavy (non-hydrogen) atoms. The zero-order chi connectivity index (χ0) is 14.8. The third-order valence-corrected chi connectivity index (χ3v) is 5.17. The van der Waals surface area contributed by atoms with E-state index >= 15 is 0 Å². The van der Waals surface area contributed by atoms with Crippen molar-refractivity contribution in [1.29, 1.82) is 0 Å². The number of hydrogen-bond donors (Lipinski definition) is 1. The predicted molar refractivity (Wildman–Crippen MR) is 82.6 cm³/mol. The Labute approximate surface area is 126 Å². The number of nitrogens with one attached hydrogen (secondary N) is 1. The van der Waals surface area contributed by atoms with Crippen molar-refractivity contribution in [3.63, 3.8) is 0 Å². The number of nitrogens with zero attached hydrogens (tertiary/aromatic N) is 1. The van der Waals surface area contributed by atoms with E-state index in [-0.39, 0.29) is 0 Å². The topological polar surface area (TPSA) is 49.4 Å². The van der Waals surface area contributed by atoms with Crippen LogP contribution in [-0.2, 0) is 10.0 Å². The number of rotatable bonds is 6. The minimum atomic E-state index is -3.00. The summed E-state index contributed by atoms with van der Waals surface area (Å²) in [6.07, 6.45) is 1.26. The second-order valence-corrected chi connectivity index (χ2v) is 7.98. The van der Waals surface area contributed by atoms with E-state index in [2.05, 4.69) is 18.3 Å². The number of hydrogen-bond acceptors (Lipinski definition) is 3. The third-order valence-electron chi connectivity index (χ3n) is 3.69. The van der Waals surface area contributed by atoms with Gasteiger partial charge in [0.25, 0.3) is 0 Å². The monoisotopic (exact) mass is 316 g/mol. The van der Waals surface area contributed by atoms with Gasteiger partial charge >= 0.3 is 0 Å². The lowest BCUT2D eigenvalue weighted by Crippen LogP contribution is -2.52. The second-order valence-electron chi connectivity index (χ2n) is 5.56. The fraction of sp³-hybridized carbons (Fsp3) is 0.571. The van der Waals surface area contributed by atoms with Gasteiger partial charge in [-0.2, -0.15) is 0 Å². The van der Waals surface area contributed by atoms with Crippen molar-refractivity contribution < 1.29 is 8.42 Å². The van der Waals surface area contributed by atoms with Gasteiger partial charge in [-0.15, -0.1) is 0 Å². The van der Waals surface area contributed by atoms with Gasteiger partial charge < -0.3 is 5.32 Å². The number of halogens is 1. The first kappa shape index (κ1) is 15.8. The Bertz CT molecular complexity index is 556. The molecule has 0 aliphatic carbocycles. The average Bonchev–Trinajstić information content (AvgIpc) is 2.30. The molecule has 0 radical (unpaired) electrons. The molecule has 1 saturated heterocycles. The summed E-state index contributed by atoms with van der Waals surface area (Å²) in [5, 5.41) is 4.17. The van der Waals surface area contributed by atoms with Crippen molar-refractivity contribution in [2.24, 2.45) is 5.92 Å². The first-order valence-corrected chi connectivity index (χ1v) is 9.00. The molecule has 1 aliphatic heterocycles. The molecular formula is C14H21ClN2O2S. The van der Waals surface area contributed by atoms with Gasteiger partial charge in [0.15, 0.2) is 0 Å². The van der Waals surface area contributed by atoms with E-state index in [1.54, 1.807) is 0 Å². The van der Waals surface area contributed by atoms with Crippen LogP contribution >= 0.6 is 11.6 Å². The van der Waals surface area contributed by atoms with Crippen LogP contribution in [0.2, 0.25) is 5.02 Å². The van der Waals surface area contributed by atoms with E-state index in [1.807, 2.05) is 18.2 Å². The molecule has 0 amide bonds.